The maximum absolute atomic E-state index is 5.76. The average molecular weight is 172 g/mol. The molecular weight excluding hydrogens is 162 g/mol. The van der Waals surface area contributed by atoms with Crippen molar-refractivity contribution < 1.29 is 0 Å². The van der Waals surface area contributed by atoms with E-state index in [0.29, 0.717) is 10.7 Å². The molecule has 1 saturated carbocycles. The fourth-order valence-electron chi connectivity index (χ4n) is 1.13. The van der Waals surface area contributed by atoms with Gasteiger partial charge in [0.25, 0.3) is 0 Å². The highest BCUT2D eigenvalue weighted by Gasteiger charge is 2.37. The van der Waals surface area contributed by atoms with E-state index in [0.717, 1.165) is 6.54 Å². The summed E-state index contributed by atoms with van der Waals surface area (Å²) < 4.78 is 1.90. The summed E-state index contributed by atoms with van der Waals surface area (Å²) in [4.78, 5) is 0. The molecular formula is C7H10ClN3. The van der Waals surface area contributed by atoms with Crippen LogP contribution in [0.3, 0.4) is 0 Å². The summed E-state index contributed by atoms with van der Waals surface area (Å²) >= 11 is 5.76. The van der Waals surface area contributed by atoms with Crippen LogP contribution in [0.1, 0.15) is 19.8 Å². The molecule has 11 heavy (non-hydrogen) atoms. The Bertz CT molecular complexity index is 264. The minimum absolute atomic E-state index is 0.464. The second-order valence-electron chi connectivity index (χ2n) is 3.54. The van der Waals surface area contributed by atoms with Gasteiger partial charge in [-0.25, -0.2) is 0 Å². The lowest BCUT2D eigenvalue weighted by Crippen LogP contribution is -2.06. The van der Waals surface area contributed by atoms with Gasteiger partial charge < -0.3 is 4.57 Å². The smallest absolute Gasteiger partial charge is 0.224 e. The van der Waals surface area contributed by atoms with Crippen LogP contribution in [0.2, 0.25) is 5.28 Å². The van der Waals surface area contributed by atoms with Gasteiger partial charge in [0.05, 0.1) is 0 Å². The molecule has 1 aliphatic carbocycles. The van der Waals surface area contributed by atoms with Crippen molar-refractivity contribution in [1.82, 2.24) is 14.8 Å². The third-order valence-electron chi connectivity index (χ3n) is 2.22. The normalized spacial score (nSPS) is 20.2. The lowest BCUT2D eigenvalue weighted by molar-refractivity contribution is 0.464. The Morgan fingerprint density at radius 1 is 1.73 bits per heavy atom. The molecule has 0 radical (unpaired) electrons. The molecule has 1 fully saturated rings. The zero-order valence-corrected chi connectivity index (χ0v) is 7.17. The molecule has 4 heteroatoms. The summed E-state index contributed by atoms with van der Waals surface area (Å²) in [6.45, 7) is 3.21. The van der Waals surface area contributed by atoms with Crippen LogP contribution in [0.15, 0.2) is 6.33 Å². The monoisotopic (exact) mass is 171 g/mol. The van der Waals surface area contributed by atoms with Gasteiger partial charge in [-0.3, -0.25) is 0 Å². The van der Waals surface area contributed by atoms with E-state index in [1.165, 1.54) is 12.8 Å². The van der Waals surface area contributed by atoms with Crippen LogP contribution in [0.4, 0.5) is 0 Å². The maximum atomic E-state index is 5.76. The van der Waals surface area contributed by atoms with Crippen molar-refractivity contribution in [2.45, 2.75) is 26.3 Å². The molecule has 0 saturated heterocycles. The van der Waals surface area contributed by atoms with Crippen LogP contribution >= 0.6 is 11.6 Å². The van der Waals surface area contributed by atoms with Crippen molar-refractivity contribution in [3.05, 3.63) is 11.6 Å². The first-order chi connectivity index (χ1) is 5.20. The molecule has 1 aromatic heterocycles. The Kier molecular flexibility index (Phi) is 1.42. The predicted molar refractivity (Wildman–Crippen MR) is 42.4 cm³/mol. The number of hydrogen-bond donors (Lipinski definition) is 0. The molecule has 0 N–H and O–H groups in total. The third-order valence-corrected chi connectivity index (χ3v) is 2.52. The molecule has 0 aliphatic heterocycles. The van der Waals surface area contributed by atoms with Gasteiger partial charge in [0.1, 0.15) is 6.33 Å². The Balaban J connectivity index is 2.12. The van der Waals surface area contributed by atoms with Crippen molar-refractivity contribution in [3.63, 3.8) is 0 Å². The van der Waals surface area contributed by atoms with E-state index in [4.69, 9.17) is 11.6 Å². The molecule has 1 heterocycles. The minimum atomic E-state index is 0.464. The molecule has 0 atom stereocenters. The first-order valence-corrected chi connectivity index (χ1v) is 4.11. The molecule has 1 aromatic rings. The van der Waals surface area contributed by atoms with Gasteiger partial charge in [0.15, 0.2) is 0 Å². The van der Waals surface area contributed by atoms with Crippen molar-refractivity contribution in [3.8, 4) is 0 Å². The number of aromatic nitrogens is 3. The molecule has 0 unspecified atom stereocenters. The molecule has 1 aliphatic rings. The minimum Gasteiger partial charge on any atom is -0.304 e. The summed E-state index contributed by atoms with van der Waals surface area (Å²) in [5, 5.41) is 7.92. The summed E-state index contributed by atoms with van der Waals surface area (Å²) in [5.41, 5.74) is 0.464. The maximum Gasteiger partial charge on any atom is 0.224 e. The lowest BCUT2D eigenvalue weighted by atomic mass is 10.1. The van der Waals surface area contributed by atoms with E-state index >= 15 is 0 Å². The van der Waals surface area contributed by atoms with Gasteiger partial charge >= 0.3 is 0 Å². The van der Waals surface area contributed by atoms with Gasteiger partial charge in [0, 0.05) is 6.54 Å². The second kappa shape index (κ2) is 2.21. The predicted octanol–water partition coefficient (Wildman–Crippen LogP) is 1.73. The van der Waals surface area contributed by atoms with Crippen LogP contribution in [0, 0.1) is 5.41 Å². The van der Waals surface area contributed by atoms with Gasteiger partial charge in [-0.2, -0.15) is 0 Å². The zero-order chi connectivity index (χ0) is 7.90. The second-order valence-corrected chi connectivity index (χ2v) is 3.88. The number of rotatable bonds is 2. The third kappa shape index (κ3) is 1.38. The molecule has 3 nitrogen and oxygen atoms in total. The van der Waals surface area contributed by atoms with Crippen LogP contribution in [0.5, 0.6) is 0 Å². The number of halogens is 1. The average Bonchev–Trinajstić information content (AvgIpc) is 2.54. The topological polar surface area (TPSA) is 30.7 Å². The first kappa shape index (κ1) is 7.10. The number of hydrogen-bond acceptors (Lipinski definition) is 2. The van der Waals surface area contributed by atoms with Crippen LogP contribution in [0.25, 0.3) is 0 Å². The largest absolute Gasteiger partial charge is 0.304 e. The Morgan fingerprint density at radius 2 is 2.45 bits per heavy atom. The van der Waals surface area contributed by atoms with E-state index in [1.54, 1.807) is 6.33 Å². The van der Waals surface area contributed by atoms with E-state index in [9.17, 15) is 0 Å². The van der Waals surface area contributed by atoms with Crippen molar-refractivity contribution in [2.75, 3.05) is 0 Å². The highest BCUT2D eigenvalue weighted by Crippen LogP contribution is 2.46. The quantitative estimate of drug-likeness (QED) is 0.679. The Morgan fingerprint density at radius 3 is 2.91 bits per heavy atom. The SMILES string of the molecule is CC1(Cn2cnnc2Cl)CC1. The Labute approximate surface area is 70.4 Å². The van der Waals surface area contributed by atoms with E-state index in [1.807, 2.05) is 4.57 Å². The van der Waals surface area contributed by atoms with E-state index in [2.05, 4.69) is 17.1 Å². The van der Waals surface area contributed by atoms with Gasteiger partial charge in [-0.15, -0.1) is 10.2 Å². The van der Waals surface area contributed by atoms with Crippen LogP contribution < -0.4 is 0 Å². The summed E-state index contributed by atoms with van der Waals surface area (Å²) in [6.07, 6.45) is 4.27. The van der Waals surface area contributed by atoms with Gasteiger partial charge in [-0.1, -0.05) is 6.92 Å². The fraction of sp³-hybridized carbons (Fsp3) is 0.714. The summed E-state index contributed by atoms with van der Waals surface area (Å²) in [7, 11) is 0. The Hall–Kier alpha value is -0.570. The summed E-state index contributed by atoms with van der Waals surface area (Å²) in [5.74, 6) is 0. The van der Waals surface area contributed by atoms with Gasteiger partial charge in [0.2, 0.25) is 5.28 Å². The van der Waals surface area contributed by atoms with E-state index in [-0.39, 0.29) is 0 Å². The van der Waals surface area contributed by atoms with Crippen molar-refractivity contribution in [1.29, 1.82) is 0 Å². The standard InChI is InChI=1S/C7H10ClN3/c1-7(2-3-7)4-11-5-9-10-6(11)8/h5H,2-4H2,1H3. The molecule has 0 amide bonds. The molecule has 0 bridgehead atoms. The molecule has 0 aromatic carbocycles. The van der Waals surface area contributed by atoms with Crippen molar-refractivity contribution in [2.24, 2.45) is 5.41 Å². The number of nitrogens with zero attached hydrogens (tertiary/aromatic N) is 3. The first-order valence-electron chi connectivity index (χ1n) is 3.73. The fourth-order valence-corrected chi connectivity index (χ4v) is 1.28. The van der Waals surface area contributed by atoms with Crippen LogP contribution in [-0.4, -0.2) is 14.8 Å². The lowest BCUT2D eigenvalue weighted by Gasteiger charge is -2.07. The van der Waals surface area contributed by atoms with Crippen LogP contribution in [-0.2, 0) is 6.54 Å². The highest BCUT2D eigenvalue weighted by molar-refractivity contribution is 6.28. The summed E-state index contributed by atoms with van der Waals surface area (Å²) in [6, 6.07) is 0. The molecule has 0 spiro atoms. The van der Waals surface area contributed by atoms with E-state index < -0.39 is 0 Å². The van der Waals surface area contributed by atoms with Gasteiger partial charge in [-0.05, 0) is 29.9 Å². The molecule has 60 valence electrons. The highest BCUT2D eigenvalue weighted by atomic mass is 35.5. The van der Waals surface area contributed by atoms with Crippen molar-refractivity contribution >= 4 is 11.6 Å². The molecule has 2 rings (SSSR count). The zero-order valence-electron chi connectivity index (χ0n) is 6.42.